The molecule has 33 heavy (non-hydrogen) atoms. The van der Waals surface area contributed by atoms with Gasteiger partial charge in [0, 0.05) is 12.8 Å². The van der Waals surface area contributed by atoms with Gasteiger partial charge >= 0.3 is 12.1 Å². The van der Waals surface area contributed by atoms with E-state index in [1.54, 1.807) is 41.5 Å². The second-order valence-corrected chi connectivity index (χ2v) is 11.0. The second kappa shape index (κ2) is 11.4. The summed E-state index contributed by atoms with van der Waals surface area (Å²) in [6.45, 7) is 17.6. The molecule has 1 fully saturated rings. The molecule has 8 nitrogen and oxygen atoms in total. The number of rotatable bonds is 7. The van der Waals surface area contributed by atoms with Crippen molar-refractivity contribution in [2.24, 2.45) is 11.8 Å². The molecule has 1 saturated heterocycles. The number of nitrogens with zero attached hydrogens (tertiary/aromatic N) is 1. The van der Waals surface area contributed by atoms with Crippen LogP contribution in [0.5, 0.6) is 0 Å². The summed E-state index contributed by atoms with van der Waals surface area (Å²) in [6, 6.07) is -2.40. The predicted octanol–water partition coefficient (Wildman–Crippen LogP) is 3.81. The molecule has 8 heteroatoms. The van der Waals surface area contributed by atoms with Crippen molar-refractivity contribution in [1.82, 2.24) is 10.2 Å². The van der Waals surface area contributed by atoms with E-state index in [0.717, 1.165) is 0 Å². The first-order chi connectivity index (χ1) is 15.0. The summed E-state index contributed by atoms with van der Waals surface area (Å²) < 4.78 is 11.3. The number of amides is 2. The van der Waals surface area contributed by atoms with Gasteiger partial charge in [-0.25, -0.2) is 9.59 Å². The first-order valence-corrected chi connectivity index (χ1v) is 11.8. The summed E-state index contributed by atoms with van der Waals surface area (Å²) in [5, 5.41) is 14.0. The summed E-state index contributed by atoms with van der Waals surface area (Å²) in [5.41, 5.74) is -1.53. The quantitative estimate of drug-likeness (QED) is 0.435. The first-order valence-electron chi connectivity index (χ1n) is 11.8. The molecule has 0 radical (unpaired) electrons. The highest BCUT2D eigenvalue weighted by atomic mass is 16.6. The highest BCUT2D eigenvalue weighted by Gasteiger charge is 2.53. The Morgan fingerprint density at radius 2 is 1.67 bits per heavy atom. The van der Waals surface area contributed by atoms with Crippen molar-refractivity contribution in [3.05, 3.63) is 12.2 Å². The second-order valence-electron chi connectivity index (χ2n) is 11.0. The normalized spacial score (nSPS) is 24.3. The zero-order valence-corrected chi connectivity index (χ0v) is 22.0. The molecular formula is C25H44N2O6. The van der Waals surface area contributed by atoms with Crippen LogP contribution in [0.25, 0.3) is 0 Å². The lowest BCUT2D eigenvalue weighted by atomic mass is 9.85. The smallest absolute Gasteiger partial charge is 0.411 e. The topological polar surface area (TPSA) is 105 Å². The molecule has 0 spiro atoms. The highest BCUT2D eigenvalue weighted by Crippen LogP contribution is 2.37. The van der Waals surface area contributed by atoms with E-state index in [2.05, 4.69) is 5.32 Å². The molecular weight excluding hydrogens is 424 g/mol. The fourth-order valence-electron chi connectivity index (χ4n) is 4.15. The Morgan fingerprint density at radius 1 is 1.12 bits per heavy atom. The number of esters is 1. The number of carbonyl (C=O) groups is 3. The van der Waals surface area contributed by atoms with Crippen molar-refractivity contribution < 1.29 is 29.0 Å². The standard InChI is InChI=1S/C25H44N2O6/c1-11-13-17-14-18(22(30)32-24(5,6)7)27(23(31)33-25(8,9)10)20(17)19(26-16(4)28)21(29)15(3)12-2/h11,13,15,17-21,29H,12,14H2,1-10H3,(H,26,28)/b13-11-/t15-,17-,18-,19-,20-,21+/m1/s1. The minimum Gasteiger partial charge on any atom is -0.458 e. The molecule has 2 N–H and O–H groups in total. The average Bonchev–Trinajstić information content (AvgIpc) is 3.01. The van der Waals surface area contributed by atoms with Crippen molar-refractivity contribution in [3.63, 3.8) is 0 Å². The number of allylic oxidation sites excluding steroid dienone is 1. The fourth-order valence-corrected chi connectivity index (χ4v) is 4.15. The number of hydrogen-bond acceptors (Lipinski definition) is 6. The van der Waals surface area contributed by atoms with Crippen LogP contribution in [0, 0.1) is 11.8 Å². The lowest BCUT2D eigenvalue weighted by Gasteiger charge is -2.40. The Bertz CT molecular complexity index is 721. The van der Waals surface area contributed by atoms with E-state index in [1.165, 1.54) is 11.8 Å². The number of carbonyl (C=O) groups excluding carboxylic acids is 3. The van der Waals surface area contributed by atoms with Crippen LogP contribution in [-0.4, -0.2) is 63.4 Å². The largest absolute Gasteiger partial charge is 0.458 e. The SMILES string of the molecule is C/C=C\[C@@H]1C[C@H](C(=O)OC(C)(C)C)N(C(=O)OC(C)(C)C)[C@H]1[C@@H](NC(C)=O)[C@@H](O)[C@H](C)CC. The summed E-state index contributed by atoms with van der Waals surface area (Å²) in [5.74, 6) is -1.30. The number of nitrogens with one attached hydrogen (secondary N) is 1. The van der Waals surface area contributed by atoms with E-state index in [0.29, 0.717) is 12.8 Å². The molecule has 190 valence electrons. The van der Waals surface area contributed by atoms with Crippen molar-refractivity contribution in [1.29, 1.82) is 0 Å². The van der Waals surface area contributed by atoms with Crippen LogP contribution in [0.2, 0.25) is 0 Å². The Kier molecular flexibility index (Phi) is 9.96. The number of likely N-dealkylation sites (tertiary alicyclic amines) is 1. The molecule has 0 aromatic rings. The van der Waals surface area contributed by atoms with E-state index in [4.69, 9.17) is 9.47 Å². The minimum absolute atomic E-state index is 0.144. The molecule has 0 aromatic heterocycles. The maximum absolute atomic E-state index is 13.4. The average molecular weight is 469 g/mol. The molecule has 2 amide bonds. The van der Waals surface area contributed by atoms with E-state index in [1.807, 2.05) is 32.9 Å². The maximum Gasteiger partial charge on any atom is 0.411 e. The van der Waals surface area contributed by atoms with Crippen molar-refractivity contribution in [2.45, 2.75) is 118 Å². The minimum atomic E-state index is -0.932. The van der Waals surface area contributed by atoms with Crippen molar-refractivity contribution in [2.75, 3.05) is 0 Å². The number of ether oxygens (including phenoxy) is 2. The summed E-state index contributed by atoms with van der Waals surface area (Å²) in [7, 11) is 0. The van der Waals surface area contributed by atoms with E-state index < -0.39 is 47.5 Å². The Hall–Kier alpha value is -2.09. The lowest BCUT2D eigenvalue weighted by molar-refractivity contribution is -0.160. The van der Waals surface area contributed by atoms with Gasteiger partial charge in [0.2, 0.25) is 5.91 Å². The van der Waals surface area contributed by atoms with Crippen LogP contribution in [0.1, 0.15) is 82.1 Å². The van der Waals surface area contributed by atoms with Gasteiger partial charge in [0.25, 0.3) is 0 Å². The van der Waals surface area contributed by atoms with Crippen LogP contribution < -0.4 is 5.32 Å². The zero-order chi connectivity index (χ0) is 25.7. The third-order valence-corrected chi connectivity index (χ3v) is 5.65. The summed E-state index contributed by atoms with van der Waals surface area (Å²) in [6.07, 6.45) is 3.13. The third kappa shape index (κ3) is 8.32. The van der Waals surface area contributed by atoms with Gasteiger partial charge in [-0.2, -0.15) is 0 Å². The van der Waals surface area contributed by atoms with Gasteiger partial charge < -0.3 is 19.9 Å². The fraction of sp³-hybridized carbons (Fsp3) is 0.800. The summed E-state index contributed by atoms with van der Waals surface area (Å²) in [4.78, 5) is 40.1. The van der Waals surface area contributed by atoms with E-state index in [9.17, 15) is 19.5 Å². The van der Waals surface area contributed by atoms with Crippen LogP contribution >= 0.6 is 0 Å². The number of hydrogen-bond donors (Lipinski definition) is 2. The maximum atomic E-state index is 13.4. The zero-order valence-electron chi connectivity index (χ0n) is 22.0. The van der Waals surface area contributed by atoms with Crippen LogP contribution in [0.3, 0.4) is 0 Å². The molecule has 1 aliphatic heterocycles. The van der Waals surface area contributed by atoms with Crippen LogP contribution in [-0.2, 0) is 19.1 Å². The van der Waals surface area contributed by atoms with Gasteiger partial charge in [0.15, 0.2) is 0 Å². The Labute approximate surface area is 199 Å². The molecule has 0 aliphatic carbocycles. The summed E-state index contributed by atoms with van der Waals surface area (Å²) >= 11 is 0. The van der Waals surface area contributed by atoms with Crippen LogP contribution in [0.4, 0.5) is 4.79 Å². The molecule has 0 aromatic carbocycles. The van der Waals surface area contributed by atoms with Gasteiger partial charge in [-0.05, 0) is 60.8 Å². The highest BCUT2D eigenvalue weighted by molar-refractivity contribution is 5.83. The molecule has 0 unspecified atom stereocenters. The van der Waals surface area contributed by atoms with E-state index >= 15 is 0 Å². The molecule has 0 bridgehead atoms. The van der Waals surface area contributed by atoms with Crippen molar-refractivity contribution in [3.8, 4) is 0 Å². The Morgan fingerprint density at radius 3 is 2.09 bits per heavy atom. The molecule has 1 aliphatic rings. The number of aliphatic hydroxyl groups is 1. The monoisotopic (exact) mass is 468 g/mol. The molecule has 0 saturated carbocycles. The first kappa shape index (κ1) is 28.9. The molecule has 6 atom stereocenters. The van der Waals surface area contributed by atoms with E-state index in [-0.39, 0.29) is 17.7 Å². The van der Waals surface area contributed by atoms with Crippen molar-refractivity contribution >= 4 is 18.0 Å². The predicted molar refractivity (Wildman–Crippen MR) is 127 cm³/mol. The molecule has 1 heterocycles. The van der Waals surface area contributed by atoms with Crippen LogP contribution in [0.15, 0.2) is 12.2 Å². The van der Waals surface area contributed by atoms with Gasteiger partial charge in [-0.15, -0.1) is 0 Å². The van der Waals surface area contributed by atoms with Gasteiger partial charge in [-0.1, -0.05) is 32.4 Å². The lowest BCUT2D eigenvalue weighted by Crippen LogP contribution is -2.61. The van der Waals surface area contributed by atoms with Gasteiger partial charge in [0.1, 0.15) is 17.2 Å². The Balaban J connectivity index is 3.61. The molecule has 1 rings (SSSR count). The van der Waals surface area contributed by atoms with Gasteiger partial charge in [-0.3, -0.25) is 9.69 Å². The third-order valence-electron chi connectivity index (χ3n) is 5.65. The van der Waals surface area contributed by atoms with Gasteiger partial charge in [0.05, 0.1) is 18.2 Å². The number of aliphatic hydroxyl groups excluding tert-OH is 1.